The molecule has 0 aliphatic carbocycles. The maximum Gasteiger partial charge on any atom is 0.434 e. The fourth-order valence-electron chi connectivity index (χ4n) is 1.08. The maximum atomic E-state index is 10.7. The number of benzene rings is 1. The maximum absolute atomic E-state index is 10.7. The van der Waals surface area contributed by atoms with Gasteiger partial charge in [-0.15, -0.1) is 5.10 Å². The lowest BCUT2D eigenvalue weighted by Gasteiger charge is -1.98. The molecule has 5 heteroatoms. The Bertz CT molecular complexity index is 516. The van der Waals surface area contributed by atoms with E-state index in [-0.39, 0.29) is 5.89 Å². The first kappa shape index (κ1) is 9.02. The number of hydrogen-bond donors (Lipinski definition) is 1. The molecule has 0 amide bonds. The van der Waals surface area contributed by atoms with E-state index in [2.05, 4.69) is 10.2 Å². The van der Waals surface area contributed by atoms with E-state index in [1.54, 1.807) is 12.1 Å². The molecule has 1 heterocycles. The zero-order chi connectivity index (χ0) is 10.1. The van der Waals surface area contributed by atoms with Gasteiger partial charge in [0.05, 0.1) is 0 Å². The van der Waals surface area contributed by atoms with Crippen molar-refractivity contribution in [2.24, 2.45) is 0 Å². The number of H-pyrrole nitrogens is 1. The first-order valence-electron chi connectivity index (χ1n) is 3.99. The minimum absolute atomic E-state index is 0.247. The summed E-state index contributed by atoms with van der Waals surface area (Å²) in [5, 5.41) is 6.50. The average Bonchev–Trinajstić information content (AvgIpc) is 2.57. The molecule has 0 unspecified atom stereocenters. The molecule has 1 N–H and O–H groups in total. The van der Waals surface area contributed by atoms with Gasteiger partial charge in [0, 0.05) is 10.6 Å². The molecule has 0 atom stereocenters. The summed E-state index contributed by atoms with van der Waals surface area (Å²) in [5.74, 6) is -0.325. The quantitative estimate of drug-likeness (QED) is 0.783. The Morgan fingerprint density at radius 1 is 1.50 bits per heavy atom. The fourth-order valence-corrected chi connectivity index (χ4v) is 1.26. The standard InChI is InChI=1S/C9H7ClN2O2/c1-5-2-3-6(4-7(5)10)8-11-12-9(13)14-8/h2-4H,1H3,(H,12,13). The second-order valence-electron chi connectivity index (χ2n) is 2.88. The highest BCUT2D eigenvalue weighted by Crippen LogP contribution is 2.22. The molecule has 0 saturated heterocycles. The van der Waals surface area contributed by atoms with Crippen molar-refractivity contribution in [3.8, 4) is 11.5 Å². The Balaban J connectivity index is 2.52. The SMILES string of the molecule is Cc1ccc(-c2n[nH]c(=O)o2)cc1Cl. The van der Waals surface area contributed by atoms with E-state index in [1.165, 1.54) is 0 Å². The molecule has 0 saturated carbocycles. The van der Waals surface area contributed by atoms with Crippen LogP contribution in [0.2, 0.25) is 5.02 Å². The van der Waals surface area contributed by atoms with Crippen LogP contribution in [0.15, 0.2) is 27.4 Å². The zero-order valence-corrected chi connectivity index (χ0v) is 8.13. The van der Waals surface area contributed by atoms with E-state index < -0.39 is 5.76 Å². The van der Waals surface area contributed by atoms with E-state index in [4.69, 9.17) is 16.0 Å². The van der Waals surface area contributed by atoms with Crippen molar-refractivity contribution in [2.45, 2.75) is 6.92 Å². The molecule has 1 aromatic heterocycles. The number of nitrogens with one attached hydrogen (secondary N) is 1. The normalized spacial score (nSPS) is 10.4. The molecule has 2 aromatic rings. The van der Waals surface area contributed by atoms with Crippen molar-refractivity contribution >= 4 is 11.6 Å². The molecular formula is C9H7ClN2O2. The molecule has 0 bridgehead atoms. The minimum atomic E-state index is -0.573. The van der Waals surface area contributed by atoms with Gasteiger partial charge in [0.15, 0.2) is 0 Å². The summed E-state index contributed by atoms with van der Waals surface area (Å²) in [5.41, 5.74) is 1.65. The number of rotatable bonds is 1. The van der Waals surface area contributed by atoms with Gasteiger partial charge in [0.1, 0.15) is 0 Å². The molecule has 4 nitrogen and oxygen atoms in total. The largest absolute Gasteiger partial charge is 0.434 e. The van der Waals surface area contributed by atoms with E-state index in [0.717, 1.165) is 5.56 Å². The Hall–Kier alpha value is -1.55. The van der Waals surface area contributed by atoms with E-state index in [1.807, 2.05) is 13.0 Å². The van der Waals surface area contributed by atoms with Gasteiger partial charge in [-0.25, -0.2) is 9.89 Å². The molecule has 1 aromatic carbocycles. The lowest BCUT2D eigenvalue weighted by Crippen LogP contribution is -1.93. The number of halogens is 1. The first-order chi connectivity index (χ1) is 6.66. The number of aromatic nitrogens is 2. The summed E-state index contributed by atoms with van der Waals surface area (Å²) in [7, 11) is 0. The molecule has 14 heavy (non-hydrogen) atoms. The van der Waals surface area contributed by atoms with Gasteiger partial charge in [-0.05, 0) is 24.6 Å². The third kappa shape index (κ3) is 1.56. The third-order valence-electron chi connectivity index (χ3n) is 1.86. The summed E-state index contributed by atoms with van der Waals surface area (Å²) < 4.78 is 4.78. The van der Waals surface area contributed by atoms with Crippen molar-refractivity contribution < 1.29 is 4.42 Å². The summed E-state index contributed by atoms with van der Waals surface area (Å²) in [6.07, 6.45) is 0. The summed E-state index contributed by atoms with van der Waals surface area (Å²) in [6, 6.07) is 5.34. The average molecular weight is 211 g/mol. The highest BCUT2D eigenvalue weighted by Gasteiger charge is 2.06. The minimum Gasteiger partial charge on any atom is -0.388 e. The summed E-state index contributed by atoms with van der Waals surface area (Å²) in [6.45, 7) is 1.90. The molecular weight excluding hydrogens is 204 g/mol. The van der Waals surface area contributed by atoms with Crippen molar-refractivity contribution in [3.05, 3.63) is 39.3 Å². The Morgan fingerprint density at radius 2 is 2.29 bits per heavy atom. The van der Waals surface area contributed by atoms with Crippen LogP contribution in [0.3, 0.4) is 0 Å². The second kappa shape index (κ2) is 3.31. The lowest BCUT2D eigenvalue weighted by atomic mass is 10.1. The number of aromatic amines is 1. The highest BCUT2D eigenvalue weighted by atomic mass is 35.5. The van der Waals surface area contributed by atoms with Gasteiger partial charge in [-0.2, -0.15) is 0 Å². The van der Waals surface area contributed by atoms with Crippen LogP contribution in [0.4, 0.5) is 0 Å². The van der Waals surface area contributed by atoms with Gasteiger partial charge >= 0.3 is 5.76 Å². The number of nitrogens with zero attached hydrogens (tertiary/aromatic N) is 1. The van der Waals surface area contributed by atoms with Crippen LogP contribution in [0.25, 0.3) is 11.5 Å². The Kier molecular flexibility index (Phi) is 2.13. The lowest BCUT2D eigenvalue weighted by molar-refractivity contribution is 0.527. The first-order valence-corrected chi connectivity index (χ1v) is 4.36. The molecule has 0 aliphatic rings. The van der Waals surface area contributed by atoms with Crippen LogP contribution in [0.1, 0.15) is 5.56 Å². The van der Waals surface area contributed by atoms with E-state index in [0.29, 0.717) is 10.6 Å². The second-order valence-corrected chi connectivity index (χ2v) is 3.29. The molecule has 2 rings (SSSR count). The van der Waals surface area contributed by atoms with Gasteiger partial charge in [-0.3, -0.25) is 0 Å². The van der Waals surface area contributed by atoms with Crippen LogP contribution in [0, 0.1) is 6.92 Å². The highest BCUT2D eigenvalue weighted by molar-refractivity contribution is 6.31. The van der Waals surface area contributed by atoms with Crippen LogP contribution in [-0.2, 0) is 0 Å². The van der Waals surface area contributed by atoms with Gasteiger partial charge < -0.3 is 4.42 Å². The smallest absolute Gasteiger partial charge is 0.388 e. The molecule has 0 aliphatic heterocycles. The number of hydrogen-bond acceptors (Lipinski definition) is 3. The third-order valence-corrected chi connectivity index (χ3v) is 2.26. The van der Waals surface area contributed by atoms with Crippen LogP contribution >= 0.6 is 11.6 Å². The van der Waals surface area contributed by atoms with E-state index >= 15 is 0 Å². The zero-order valence-electron chi connectivity index (χ0n) is 7.37. The van der Waals surface area contributed by atoms with Crippen LogP contribution in [0.5, 0.6) is 0 Å². The Labute approximate surface area is 84.5 Å². The molecule has 0 radical (unpaired) electrons. The van der Waals surface area contributed by atoms with Crippen molar-refractivity contribution in [2.75, 3.05) is 0 Å². The molecule has 0 fully saturated rings. The number of aryl methyl sites for hydroxylation is 1. The van der Waals surface area contributed by atoms with Gasteiger partial charge in [0.25, 0.3) is 0 Å². The van der Waals surface area contributed by atoms with Crippen LogP contribution in [-0.4, -0.2) is 10.2 Å². The predicted molar refractivity (Wildman–Crippen MR) is 52.3 cm³/mol. The topological polar surface area (TPSA) is 58.9 Å². The fraction of sp³-hybridized carbons (Fsp3) is 0.111. The predicted octanol–water partition coefficient (Wildman–Crippen LogP) is 1.99. The molecule has 72 valence electrons. The van der Waals surface area contributed by atoms with E-state index in [9.17, 15) is 4.79 Å². The van der Waals surface area contributed by atoms with Crippen molar-refractivity contribution in [1.29, 1.82) is 0 Å². The Morgan fingerprint density at radius 3 is 2.86 bits per heavy atom. The van der Waals surface area contributed by atoms with Crippen molar-refractivity contribution in [3.63, 3.8) is 0 Å². The molecule has 0 spiro atoms. The summed E-state index contributed by atoms with van der Waals surface area (Å²) >= 11 is 5.91. The van der Waals surface area contributed by atoms with Gasteiger partial charge in [-0.1, -0.05) is 17.7 Å². The summed E-state index contributed by atoms with van der Waals surface area (Å²) in [4.78, 5) is 10.7. The van der Waals surface area contributed by atoms with Crippen molar-refractivity contribution in [1.82, 2.24) is 10.2 Å². The van der Waals surface area contributed by atoms with Crippen LogP contribution < -0.4 is 5.76 Å². The monoisotopic (exact) mass is 210 g/mol. The van der Waals surface area contributed by atoms with Gasteiger partial charge in [0.2, 0.25) is 5.89 Å².